The molecule has 2 nitrogen and oxygen atoms in total. The predicted molar refractivity (Wildman–Crippen MR) is 90.1 cm³/mol. The molecular weight excluding hydrogens is 244 g/mol. The average molecular weight is 283 g/mol. The van der Waals surface area contributed by atoms with Gasteiger partial charge in [0.1, 0.15) is 0 Å². The molecule has 0 spiro atoms. The Morgan fingerprint density at radius 3 is 2.05 bits per heavy atom. The fraction of sp³-hybridized carbons (Fsp3) is 1.00. The van der Waals surface area contributed by atoms with Crippen LogP contribution in [0.5, 0.6) is 0 Å². The van der Waals surface area contributed by atoms with Crippen molar-refractivity contribution in [3.05, 3.63) is 0 Å². The maximum atomic E-state index is 3.83. The second-order valence-electron chi connectivity index (χ2n) is 6.99. The van der Waals surface area contributed by atoms with Crippen LogP contribution in [0.2, 0.25) is 0 Å². The van der Waals surface area contributed by atoms with Crippen molar-refractivity contribution in [3.8, 4) is 0 Å². The van der Waals surface area contributed by atoms with Crippen molar-refractivity contribution >= 4 is 0 Å². The van der Waals surface area contributed by atoms with Gasteiger partial charge in [-0.1, -0.05) is 67.2 Å². The summed E-state index contributed by atoms with van der Waals surface area (Å²) in [5.74, 6) is 2.46. The Bertz CT molecular complexity index is 250. The Morgan fingerprint density at radius 2 is 1.55 bits per heavy atom. The Hall–Kier alpha value is -0.0800. The van der Waals surface area contributed by atoms with Gasteiger partial charge in [-0.2, -0.15) is 0 Å². The molecule has 0 saturated carbocycles. The molecule has 1 heterocycles. The fourth-order valence-electron chi connectivity index (χ4n) is 3.44. The summed E-state index contributed by atoms with van der Waals surface area (Å²) in [7, 11) is 0. The third-order valence-corrected chi connectivity index (χ3v) is 5.77. The summed E-state index contributed by atoms with van der Waals surface area (Å²) in [4.78, 5) is 2.82. The highest BCUT2D eigenvalue weighted by atomic mass is 15.2. The monoisotopic (exact) mass is 282 g/mol. The van der Waals surface area contributed by atoms with E-state index in [-0.39, 0.29) is 0 Å². The lowest BCUT2D eigenvalue weighted by Gasteiger charge is -2.45. The van der Waals surface area contributed by atoms with Crippen LogP contribution in [0.25, 0.3) is 0 Å². The average Bonchev–Trinajstić information content (AvgIpc) is 2.50. The molecular formula is C18H38N2. The van der Waals surface area contributed by atoms with Gasteiger partial charge in [-0.05, 0) is 17.8 Å². The molecule has 0 amide bonds. The van der Waals surface area contributed by atoms with Crippen LogP contribution >= 0.6 is 0 Å². The van der Waals surface area contributed by atoms with E-state index in [4.69, 9.17) is 0 Å². The molecule has 0 aromatic heterocycles. The minimum atomic E-state index is 0.690. The summed E-state index contributed by atoms with van der Waals surface area (Å²) in [6.45, 7) is 17.9. The van der Waals surface area contributed by atoms with E-state index in [2.05, 4.69) is 51.8 Å². The van der Waals surface area contributed by atoms with Crippen LogP contribution in [0.15, 0.2) is 0 Å². The summed E-state index contributed by atoms with van der Waals surface area (Å²) in [6.07, 6.45) is 5.22. The number of hydrogen-bond acceptors (Lipinski definition) is 2. The Labute approximate surface area is 127 Å². The van der Waals surface area contributed by atoms with E-state index in [0.717, 1.165) is 23.8 Å². The van der Waals surface area contributed by atoms with Gasteiger partial charge in [-0.15, -0.1) is 0 Å². The molecule has 4 unspecified atom stereocenters. The number of rotatable bonds is 8. The van der Waals surface area contributed by atoms with E-state index in [9.17, 15) is 0 Å². The van der Waals surface area contributed by atoms with Crippen molar-refractivity contribution in [2.24, 2.45) is 17.8 Å². The van der Waals surface area contributed by atoms with Crippen molar-refractivity contribution in [3.63, 3.8) is 0 Å². The summed E-state index contributed by atoms with van der Waals surface area (Å²) in [5, 5.41) is 3.83. The van der Waals surface area contributed by atoms with Crippen LogP contribution < -0.4 is 5.32 Å². The highest BCUT2D eigenvalue weighted by Crippen LogP contribution is 2.24. The summed E-state index contributed by atoms with van der Waals surface area (Å²) < 4.78 is 0. The molecule has 1 aliphatic rings. The van der Waals surface area contributed by atoms with Crippen molar-refractivity contribution in [1.29, 1.82) is 0 Å². The molecule has 0 aromatic rings. The highest BCUT2D eigenvalue weighted by molar-refractivity contribution is 4.91. The van der Waals surface area contributed by atoms with E-state index in [0.29, 0.717) is 6.04 Å². The van der Waals surface area contributed by atoms with Gasteiger partial charge in [0.05, 0.1) is 0 Å². The van der Waals surface area contributed by atoms with Crippen molar-refractivity contribution in [1.82, 2.24) is 10.2 Å². The van der Waals surface area contributed by atoms with Crippen LogP contribution in [0.4, 0.5) is 0 Å². The molecule has 1 saturated heterocycles. The third-order valence-electron chi connectivity index (χ3n) is 5.77. The first-order valence-electron chi connectivity index (χ1n) is 9.04. The zero-order chi connectivity index (χ0) is 15.1. The fourth-order valence-corrected chi connectivity index (χ4v) is 3.44. The van der Waals surface area contributed by atoms with Gasteiger partial charge in [0.2, 0.25) is 0 Å². The molecule has 4 atom stereocenters. The number of nitrogens with zero attached hydrogens (tertiary/aromatic N) is 1. The molecule has 120 valence electrons. The Kier molecular flexibility index (Phi) is 8.13. The lowest BCUT2D eigenvalue weighted by molar-refractivity contribution is 0.0603. The topological polar surface area (TPSA) is 15.3 Å². The van der Waals surface area contributed by atoms with Gasteiger partial charge < -0.3 is 5.32 Å². The third kappa shape index (κ3) is 4.73. The second kappa shape index (κ2) is 9.04. The minimum Gasteiger partial charge on any atom is -0.311 e. The SMILES string of the molecule is CCC(CC)CN1CC(C(C)CC)NCC1C(C)CC. The minimum absolute atomic E-state index is 0.690. The molecule has 20 heavy (non-hydrogen) atoms. The van der Waals surface area contributed by atoms with Crippen LogP contribution in [0.1, 0.15) is 67.2 Å². The zero-order valence-electron chi connectivity index (χ0n) is 14.8. The second-order valence-corrected chi connectivity index (χ2v) is 6.99. The van der Waals surface area contributed by atoms with Gasteiger partial charge in [0.15, 0.2) is 0 Å². The van der Waals surface area contributed by atoms with Crippen LogP contribution in [0, 0.1) is 17.8 Å². The van der Waals surface area contributed by atoms with Crippen LogP contribution in [0.3, 0.4) is 0 Å². The summed E-state index contributed by atoms with van der Waals surface area (Å²) in [5.41, 5.74) is 0. The number of nitrogens with one attached hydrogen (secondary N) is 1. The van der Waals surface area contributed by atoms with Crippen LogP contribution in [-0.2, 0) is 0 Å². The molecule has 1 fully saturated rings. The van der Waals surface area contributed by atoms with Gasteiger partial charge in [0, 0.05) is 31.7 Å². The standard InChI is InChI=1S/C18H38N2/c1-7-14(5)17-13-20(12-16(9-3)10-4)18(11-19-17)15(6)8-2/h14-19H,7-13H2,1-6H3. The first-order chi connectivity index (χ1) is 9.57. The van der Waals surface area contributed by atoms with Gasteiger partial charge in [-0.25, -0.2) is 0 Å². The molecule has 0 aliphatic carbocycles. The smallest absolute Gasteiger partial charge is 0.0247 e. The zero-order valence-corrected chi connectivity index (χ0v) is 14.8. The maximum absolute atomic E-state index is 3.83. The van der Waals surface area contributed by atoms with Gasteiger partial charge in [-0.3, -0.25) is 4.90 Å². The first kappa shape index (κ1) is 18.0. The normalized spacial score (nSPS) is 27.8. The molecule has 0 aromatic carbocycles. The Morgan fingerprint density at radius 1 is 0.950 bits per heavy atom. The number of piperazine rings is 1. The van der Waals surface area contributed by atoms with Gasteiger partial charge >= 0.3 is 0 Å². The number of hydrogen-bond donors (Lipinski definition) is 1. The summed E-state index contributed by atoms with van der Waals surface area (Å²) in [6, 6.07) is 1.43. The van der Waals surface area contributed by atoms with E-state index in [1.807, 2.05) is 0 Å². The predicted octanol–water partition coefficient (Wildman–Crippen LogP) is 4.16. The quantitative estimate of drug-likeness (QED) is 0.719. The maximum Gasteiger partial charge on any atom is 0.0247 e. The molecule has 1 rings (SSSR count). The molecule has 1 N–H and O–H groups in total. The summed E-state index contributed by atoms with van der Waals surface area (Å²) >= 11 is 0. The lowest BCUT2D eigenvalue weighted by Crippen LogP contribution is -2.60. The van der Waals surface area contributed by atoms with Crippen LogP contribution in [-0.4, -0.2) is 36.6 Å². The van der Waals surface area contributed by atoms with E-state index in [1.54, 1.807) is 0 Å². The van der Waals surface area contributed by atoms with Crippen molar-refractivity contribution < 1.29 is 0 Å². The first-order valence-corrected chi connectivity index (χ1v) is 9.04. The van der Waals surface area contributed by atoms with E-state index < -0.39 is 0 Å². The van der Waals surface area contributed by atoms with Gasteiger partial charge in [0.25, 0.3) is 0 Å². The lowest BCUT2D eigenvalue weighted by atomic mass is 9.89. The molecule has 2 heteroatoms. The molecule has 0 bridgehead atoms. The van der Waals surface area contributed by atoms with Crippen molar-refractivity contribution in [2.75, 3.05) is 19.6 Å². The van der Waals surface area contributed by atoms with E-state index in [1.165, 1.54) is 45.3 Å². The van der Waals surface area contributed by atoms with Crippen molar-refractivity contribution in [2.45, 2.75) is 79.3 Å². The van der Waals surface area contributed by atoms with E-state index >= 15 is 0 Å². The Balaban J connectivity index is 2.71. The molecule has 1 aliphatic heterocycles. The molecule has 0 radical (unpaired) electrons. The largest absolute Gasteiger partial charge is 0.311 e. The highest BCUT2D eigenvalue weighted by Gasteiger charge is 2.33.